The van der Waals surface area contributed by atoms with E-state index in [2.05, 4.69) is 15.9 Å². The van der Waals surface area contributed by atoms with Crippen molar-refractivity contribution >= 4 is 31.6 Å². The van der Waals surface area contributed by atoms with Crippen LogP contribution in [0, 0.1) is 5.92 Å². The summed E-state index contributed by atoms with van der Waals surface area (Å²) in [5, 5.41) is 0. The zero-order valence-electron chi connectivity index (χ0n) is 8.42. The van der Waals surface area contributed by atoms with Gasteiger partial charge in [0.2, 0.25) is 0 Å². The minimum Gasteiger partial charge on any atom is -0.297 e. The molecule has 0 N–H and O–H groups in total. The summed E-state index contributed by atoms with van der Waals surface area (Å²) in [4.78, 5) is 11.8. The second kappa shape index (κ2) is 3.93. The molecule has 0 spiro atoms. The molecule has 0 radical (unpaired) electrons. The van der Waals surface area contributed by atoms with E-state index in [-0.39, 0.29) is 17.5 Å². The SMILES string of the molecule is CCC(Br)(C(=O)C1CC1)S(=O)(=O)CC. The van der Waals surface area contributed by atoms with Crippen LogP contribution >= 0.6 is 15.9 Å². The topological polar surface area (TPSA) is 51.2 Å². The summed E-state index contributed by atoms with van der Waals surface area (Å²) in [5.41, 5.74) is 0. The summed E-state index contributed by atoms with van der Waals surface area (Å²) in [5.74, 6) is -0.178. The van der Waals surface area contributed by atoms with Crippen LogP contribution in [0.5, 0.6) is 0 Å². The van der Waals surface area contributed by atoms with Gasteiger partial charge in [-0.3, -0.25) is 4.79 Å². The van der Waals surface area contributed by atoms with Gasteiger partial charge in [0.05, 0.1) is 0 Å². The van der Waals surface area contributed by atoms with E-state index in [1.54, 1.807) is 13.8 Å². The van der Waals surface area contributed by atoms with Crippen molar-refractivity contribution in [1.29, 1.82) is 0 Å². The van der Waals surface area contributed by atoms with Gasteiger partial charge in [-0.25, -0.2) is 8.42 Å². The van der Waals surface area contributed by atoms with E-state index in [0.29, 0.717) is 6.42 Å². The highest BCUT2D eigenvalue weighted by Crippen LogP contribution is 2.41. The Kier molecular flexibility index (Phi) is 3.41. The molecular formula is C9H15BrO3S. The van der Waals surface area contributed by atoms with Crippen LogP contribution in [0.15, 0.2) is 0 Å². The fraction of sp³-hybridized carbons (Fsp3) is 0.889. The molecular weight excluding hydrogens is 268 g/mol. The van der Waals surface area contributed by atoms with Gasteiger partial charge >= 0.3 is 0 Å². The number of carbonyl (C=O) groups is 1. The molecule has 0 amide bonds. The second-order valence-electron chi connectivity index (χ2n) is 3.62. The summed E-state index contributed by atoms with van der Waals surface area (Å²) in [6.07, 6.45) is 1.98. The molecule has 1 unspecified atom stereocenters. The summed E-state index contributed by atoms with van der Waals surface area (Å²) in [6.45, 7) is 3.30. The number of Topliss-reactive ketones (excluding diaryl/α,β-unsaturated/α-hetero) is 1. The van der Waals surface area contributed by atoms with Crippen LogP contribution in [0.2, 0.25) is 0 Å². The van der Waals surface area contributed by atoms with E-state index in [9.17, 15) is 13.2 Å². The van der Waals surface area contributed by atoms with Crippen molar-refractivity contribution in [2.24, 2.45) is 5.92 Å². The lowest BCUT2D eigenvalue weighted by Gasteiger charge is -2.23. The smallest absolute Gasteiger partial charge is 0.184 e. The van der Waals surface area contributed by atoms with Gasteiger partial charge in [0.1, 0.15) is 0 Å². The second-order valence-corrected chi connectivity index (χ2v) is 8.01. The van der Waals surface area contributed by atoms with Crippen molar-refractivity contribution in [1.82, 2.24) is 0 Å². The van der Waals surface area contributed by atoms with Gasteiger partial charge in [0, 0.05) is 11.7 Å². The maximum atomic E-state index is 11.8. The van der Waals surface area contributed by atoms with Crippen LogP contribution in [0.3, 0.4) is 0 Å². The highest BCUT2D eigenvalue weighted by Gasteiger charge is 2.50. The van der Waals surface area contributed by atoms with Gasteiger partial charge in [-0.2, -0.15) is 0 Å². The van der Waals surface area contributed by atoms with Crippen LogP contribution in [0.4, 0.5) is 0 Å². The number of ketones is 1. The van der Waals surface area contributed by atoms with E-state index in [1.807, 2.05) is 0 Å². The zero-order chi connectivity index (χ0) is 11.0. The molecule has 82 valence electrons. The maximum absolute atomic E-state index is 11.8. The average Bonchev–Trinajstić information content (AvgIpc) is 2.98. The van der Waals surface area contributed by atoms with E-state index in [1.165, 1.54) is 0 Å². The predicted octanol–water partition coefficient (Wildman–Crippen LogP) is 1.90. The van der Waals surface area contributed by atoms with E-state index in [4.69, 9.17) is 0 Å². The molecule has 0 aromatic carbocycles. The Morgan fingerprint density at radius 2 is 1.93 bits per heavy atom. The molecule has 0 aromatic heterocycles. The molecule has 0 heterocycles. The van der Waals surface area contributed by atoms with Gasteiger partial charge in [0.25, 0.3) is 0 Å². The third-order valence-electron chi connectivity index (χ3n) is 2.64. The normalized spacial score (nSPS) is 21.6. The van der Waals surface area contributed by atoms with Gasteiger partial charge < -0.3 is 0 Å². The molecule has 1 rings (SSSR count). The van der Waals surface area contributed by atoms with Crippen molar-refractivity contribution in [2.45, 2.75) is 36.8 Å². The number of rotatable bonds is 5. The fourth-order valence-corrected chi connectivity index (χ4v) is 3.81. The third kappa shape index (κ3) is 1.89. The lowest BCUT2D eigenvalue weighted by atomic mass is 10.1. The number of hydrogen-bond donors (Lipinski definition) is 0. The van der Waals surface area contributed by atoms with Gasteiger partial charge in [0.15, 0.2) is 19.3 Å². The lowest BCUT2D eigenvalue weighted by Crippen LogP contribution is -2.42. The molecule has 0 aliphatic heterocycles. The van der Waals surface area contributed by atoms with Crippen molar-refractivity contribution < 1.29 is 13.2 Å². The monoisotopic (exact) mass is 282 g/mol. The van der Waals surface area contributed by atoms with Crippen molar-refractivity contribution in [3.8, 4) is 0 Å². The Bertz CT molecular complexity index is 332. The number of hydrogen-bond acceptors (Lipinski definition) is 3. The quantitative estimate of drug-likeness (QED) is 0.724. The number of sulfone groups is 1. The molecule has 1 aliphatic carbocycles. The molecule has 5 heteroatoms. The minimum absolute atomic E-state index is 0.00451. The Hall–Kier alpha value is 0.1000. The van der Waals surface area contributed by atoms with Gasteiger partial charge in [-0.05, 0) is 19.3 Å². The summed E-state index contributed by atoms with van der Waals surface area (Å²) in [7, 11) is -3.35. The molecule has 3 nitrogen and oxygen atoms in total. The highest BCUT2D eigenvalue weighted by atomic mass is 79.9. The van der Waals surface area contributed by atoms with Crippen LogP contribution in [0.1, 0.15) is 33.1 Å². The van der Waals surface area contributed by atoms with E-state index < -0.39 is 13.5 Å². The number of alkyl halides is 1. The molecule has 1 saturated carbocycles. The zero-order valence-corrected chi connectivity index (χ0v) is 10.8. The third-order valence-corrected chi connectivity index (χ3v) is 7.31. The average molecular weight is 283 g/mol. The minimum atomic E-state index is -3.35. The molecule has 0 saturated heterocycles. The molecule has 1 atom stereocenters. The standard InChI is InChI=1S/C9H15BrO3S/c1-3-9(10,14(12,13)4-2)8(11)7-5-6-7/h7H,3-6H2,1-2H3. The first-order valence-electron chi connectivity index (χ1n) is 4.84. The van der Waals surface area contributed by atoms with Gasteiger partial charge in [-0.1, -0.05) is 29.8 Å². The molecule has 1 aliphatic rings. The molecule has 1 fully saturated rings. The Labute approximate surface area is 93.3 Å². The number of halogens is 1. The van der Waals surface area contributed by atoms with Crippen LogP contribution < -0.4 is 0 Å². The van der Waals surface area contributed by atoms with Crippen LogP contribution in [0.25, 0.3) is 0 Å². The van der Waals surface area contributed by atoms with Crippen molar-refractivity contribution in [3.63, 3.8) is 0 Å². The first-order chi connectivity index (χ1) is 6.39. The van der Waals surface area contributed by atoms with Crippen LogP contribution in [-0.4, -0.2) is 23.6 Å². The van der Waals surface area contributed by atoms with Crippen molar-refractivity contribution in [3.05, 3.63) is 0 Å². The Balaban J connectivity index is 3.01. The Morgan fingerprint density at radius 3 is 2.21 bits per heavy atom. The Morgan fingerprint density at radius 1 is 1.43 bits per heavy atom. The number of carbonyl (C=O) groups excluding carboxylic acids is 1. The predicted molar refractivity (Wildman–Crippen MR) is 59.1 cm³/mol. The van der Waals surface area contributed by atoms with Crippen molar-refractivity contribution in [2.75, 3.05) is 5.75 Å². The van der Waals surface area contributed by atoms with Crippen LogP contribution in [-0.2, 0) is 14.6 Å². The van der Waals surface area contributed by atoms with E-state index in [0.717, 1.165) is 12.8 Å². The molecule has 14 heavy (non-hydrogen) atoms. The summed E-state index contributed by atoms with van der Waals surface area (Å²) < 4.78 is 22.2. The molecule has 0 bridgehead atoms. The maximum Gasteiger partial charge on any atom is 0.184 e. The largest absolute Gasteiger partial charge is 0.297 e. The van der Waals surface area contributed by atoms with E-state index >= 15 is 0 Å². The van der Waals surface area contributed by atoms with Gasteiger partial charge in [-0.15, -0.1) is 0 Å². The molecule has 0 aromatic rings. The lowest BCUT2D eigenvalue weighted by molar-refractivity contribution is -0.120. The first-order valence-corrected chi connectivity index (χ1v) is 7.29. The first kappa shape index (κ1) is 12.2. The summed E-state index contributed by atoms with van der Waals surface area (Å²) >= 11 is 3.13. The fourth-order valence-electron chi connectivity index (χ4n) is 1.43. The highest BCUT2D eigenvalue weighted by molar-refractivity contribution is 9.12. The summed E-state index contributed by atoms with van der Waals surface area (Å²) in [6, 6.07) is 0.